The molecule has 29 heavy (non-hydrogen) atoms. The largest absolute Gasteiger partial charge is 0.452 e. The lowest BCUT2D eigenvalue weighted by Crippen LogP contribution is -2.42. The van der Waals surface area contributed by atoms with Crippen molar-refractivity contribution in [3.8, 4) is 0 Å². The monoisotopic (exact) mass is 413 g/mol. The highest BCUT2D eigenvalue weighted by Gasteiger charge is 2.30. The van der Waals surface area contributed by atoms with E-state index in [0.717, 1.165) is 22.1 Å². The third-order valence-corrected chi connectivity index (χ3v) is 6.27. The third-order valence-electron chi connectivity index (χ3n) is 4.90. The summed E-state index contributed by atoms with van der Waals surface area (Å²) in [5.74, 6) is -1.20. The number of carbonyl (C=O) groups is 2. The molecular weight excluding hydrogens is 390 g/mol. The third kappa shape index (κ3) is 5.32. The molecule has 0 saturated heterocycles. The Labute approximate surface area is 170 Å². The van der Waals surface area contributed by atoms with Crippen LogP contribution in [0.5, 0.6) is 0 Å². The number of rotatable bonds is 6. The van der Waals surface area contributed by atoms with Crippen molar-refractivity contribution in [1.82, 2.24) is 4.90 Å². The Morgan fingerprint density at radius 3 is 2.41 bits per heavy atom. The van der Waals surface area contributed by atoms with Gasteiger partial charge < -0.3 is 9.64 Å². The number of benzene rings is 2. The van der Waals surface area contributed by atoms with Gasteiger partial charge in [-0.1, -0.05) is 36.4 Å². The minimum atomic E-state index is -3.33. The molecule has 1 heterocycles. The molecule has 0 aliphatic carbocycles. The lowest BCUT2D eigenvalue weighted by atomic mass is 10.1. The lowest BCUT2D eigenvalue weighted by Gasteiger charge is -2.27. The van der Waals surface area contributed by atoms with Crippen LogP contribution >= 0.6 is 0 Å². The van der Waals surface area contributed by atoms with Crippen molar-refractivity contribution in [2.45, 2.75) is 26.4 Å². The molecule has 1 aliphatic rings. The normalized spacial score (nSPS) is 17.1. The maximum absolute atomic E-state index is 12.8. The zero-order valence-corrected chi connectivity index (χ0v) is 17.2. The first-order valence-electron chi connectivity index (χ1n) is 9.24. The Morgan fingerprint density at radius 1 is 1.07 bits per heavy atom. The molecule has 1 atom stereocenters. The van der Waals surface area contributed by atoms with Gasteiger partial charge >= 0.3 is 5.97 Å². The zero-order chi connectivity index (χ0) is 21.0. The van der Waals surface area contributed by atoms with E-state index in [9.17, 15) is 18.0 Å². The Morgan fingerprint density at radius 2 is 1.79 bits per heavy atom. The summed E-state index contributed by atoms with van der Waals surface area (Å²) in [6.45, 7) is 3.61. The highest BCUT2D eigenvalue weighted by Crippen LogP contribution is 2.18. The van der Waals surface area contributed by atoms with E-state index in [0.29, 0.717) is 5.56 Å². The molecule has 0 aromatic heterocycles. The predicted octanol–water partition coefficient (Wildman–Crippen LogP) is 2.80. The summed E-state index contributed by atoms with van der Waals surface area (Å²) in [6, 6.07) is 13.9. The first kappa shape index (κ1) is 20.8. The summed E-state index contributed by atoms with van der Waals surface area (Å²) >= 11 is 0. The van der Waals surface area contributed by atoms with Crippen LogP contribution in [0.4, 0.5) is 0 Å². The molecule has 2 aromatic rings. The van der Waals surface area contributed by atoms with Crippen molar-refractivity contribution >= 4 is 21.7 Å². The van der Waals surface area contributed by atoms with Gasteiger partial charge in [0.1, 0.15) is 0 Å². The number of sulfone groups is 1. The summed E-state index contributed by atoms with van der Waals surface area (Å²) in [6.07, 6.45) is 1.50. The van der Waals surface area contributed by atoms with E-state index in [2.05, 4.69) is 0 Å². The molecule has 0 radical (unpaired) electrons. The summed E-state index contributed by atoms with van der Waals surface area (Å²) in [4.78, 5) is 26.6. The van der Waals surface area contributed by atoms with Gasteiger partial charge in [-0.2, -0.15) is 0 Å². The van der Waals surface area contributed by atoms with Crippen molar-refractivity contribution in [3.63, 3.8) is 0 Å². The Bertz CT molecular complexity index is 1040. The Balaban J connectivity index is 1.71. The van der Waals surface area contributed by atoms with Gasteiger partial charge in [-0.05, 0) is 48.7 Å². The van der Waals surface area contributed by atoms with Crippen LogP contribution in [-0.4, -0.2) is 43.6 Å². The molecular formula is C22H23NO5S. The second kappa shape index (κ2) is 8.61. The van der Waals surface area contributed by atoms with E-state index in [1.54, 1.807) is 12.1 Å². The average molecular weight is 413 g/mol. The highest BCUT2D eigenvalue weighted by molar-refractivity contribution is 7.94. The number of carbonyl (C=O) groups excluding carboxylic acids is 2. The molecule has 0 saturated carbocycles. The summed E-state index contributed by atoms with van der Waals surface area (Å²) in [5.41, 5.74) is 3.25. The van der Waals surface area contributed by atoms with Crippen molar-refractivity contribution in [2.24, 2.45) is 0 Å². The number of nitrogens with zero attached hydrogens (tertiary/aromatic N) is 1. The van der Waals surface area contributed by atoms with Crippen LogP contribution in [-0.2, 0) is 25.9 Å². The van der Waals surface area contributed by atoms with E-state index in [-0.39, 0.29) is 12.3 Å². The van der Waals surface area contributed by atoms with E-state index in [1.165, 1.54) is 11.0 Å². The Kier molecular flexibility index (Phi) is 6.17. The average Bonchev–Trinajstić information content (AvgIpc) is 3.06. The van der Waals surface area contributed by atoms with Gasteiger partial charge in [0.2, 0.25) is 0 Å². The van der Waals surface area contributed by atoms with Crippen molar-refractivity contribution in [1.29, 1.82) is 0 Å². The maximum atomic E-state index is 12.8. The van der Waals surface area contributed by atoms with Crippen LogP contribution in [0.1, 0.15) is 27.0 Å². The van der Waals surface area contributed by atoms with Gasteiger partial charge in [0.25, 0.3) is 5.91 Å². The first-order valence-corrected chi connectivity index (χ1v) is 11.0. The molecule has 0 unspecified atom stereocenters. The minimum absolute atomic E-state index is 0.170. The number of aryl methyl sites for hydroxylation is 2. The molecule has 2 aromatic carbocycles. The summed E-state index contributed by atoms with van der Waals surface area (Å²) in [5, 5.41) is 1.13. The second-order valence-corrected chi connectivity index (χ2v) is 9.04. The van der Waals surface area contributed by atoms with E-state index < -0.39 is 34.4 Å². The standard InChI is InChI=1S/C22H23NO5S/c1-16-8-9-19(12-17(16)2)22(25)28-14-21(24)23(13-18-6-4-3-5-7-18)20-10-11-29(26,27)15-20/h3-12,20H,13-15H2,1-2H3/t20-/m0/s1. The van der Waals surface area contributed by atoms with Gasteiger partial charge in [0.05, 0.1) is 17.4 Å². The number of esters is 1. The van der Waals surface area contributed by atoms with Crippen LogP contribution in [0.3, 0.4) is 0 Å². The SMILES string of the molecule is Cc1ccc(C(=O)OCC(=O)N(Cc2ccccc2)[C@H]2C=CS(=O)(=O)C2)cc1C. The summed E-state index contributed by atoms with van der Waals surface area (Å²) in [7, 11) is -3.33. The van der Waals surface area contributed by atoms with Gasteiger partial charge in [0, 0.05) is 12.0 Å². The van der Waals surface area contributed by atoms with Gasteiger partial charge in [0.15, 0.2) is 16.4 Å². The topological polar surface area (TPSA) is 80.8 Å². The fourth-order valence-electron chi connectivity index (χ4n) is 3.09. The van der Waals surface area contributed by atoms with Crippen LogP contribution in [0.15, 0.2) is 60.0 Å². The first-order chi connectivity index (χ1) is 13.7. The lowest BCUT2D eigenvalue weighted by molar-refractivity contribution is -0.136. The zero-order valence-electron chi connectivity index (χ0n) is 16.4. The fraction of sp³-hybridized carbons (Fsp3) is 0.273. The number of hydrogen-bond donors (Lipinski definition) is 0. The molecule has 1 aliphatic heterocycles. The van der Waals surface area contributed by atoms with Gasteiger partial charge in [-0.3, -0.25) is 4.79 Å². The van der Waals surface area contributed by atoms with Crippen molar-refractivity contribution < 1.29 is 22.7 Å². The predicted molar refractivity (Wildman–Crippen MR) is 110 cm³/mol. The molecule has 6 nitrogen and oxygen atoms in total. The molecule has 0 N–H and O–H groups in total. The van der Waals surface area contributed by atoms with Crippen LogP contribution < -0.4 is 0 Å². The molecule has 7 heteroatoms. The highest BCUT2D eigenvalue weighted by atomic mass is 32.2. The maximum Gasteiger partial charge on any atom is 0.338 e. The smallest absolute Gasteiger partial charge is 0.338 e. The molecule has 0 fully saturated rings. The van der Waals surface area contributed by atoms with E-state index >= 15 is 0 Å². The Hall–Kier alpha value is -2.93. The van der Waals surface area contributed by atoms with E-state index in [4.69, 9.17) is 4.74 Å². The van der Waals surface area contributed by atoms with Crippen LogP contribution in [0, 0.1) is 13.8 Å². The molecule has 1 amide bonds. The number of hydrogen-bond acceptors (Lipinski definition) is 5. The van der Waals surface area contributed by atoms with Crippen molar-refractivity contribution in [3.05, 3.63) is 82.3 Å². The molecule has 3 rings (SSSR count). The molecule has 152 valence electrons. The van der Waals surface area contributed by atoms with Gasteiger partial charge in [-0.15, -0.1) is 0 Å². The second-order valence-electron chi connectivity index (χ2n) is 7.11. The van der Waals surface area contributed by atoms with E-state index in [1.807, 2.05) is 50.2 Å². The van der Waals surface area contributed by atoms with Crippen molar-refractivity contribution in [2.75, 3.05) is 12.4 Å². The fourth-order valence-corrected chi connectivity index (χ4v) is 4.38. The minimum Gasteiger partial charge on any atom is -0.452 e. The number of amides is 1. The summed E-state index contributed by atoms with van der Waals surface area (Å²) < 4.78 is 28.9. The van der Waals surface area contributed by atoms with Crippen LogP contribution in [0.2, 0.25) is 0 Å². The van der Waals surface area contributed by atoms with Crippen LogP contribution in [0.25, 0.3) is 0 Å². The molecule has 0 bridgehead atoms. The quantitative estimate of drug-likeness (QED) is 0.681. The number of ether oxygens (including phenoxy) is 1. The van der Waals surface area contributed by atoms with Gasteiger partial charge in [-0.25, -0.2) is 13.2 Å². The molecule has 0 spiro atoms.